The Labute approximate surface area is 102 Å². The second kappa shape index (κ2) is 4.63. The quantitative estimate of drug-likeness (QED) is 0.852. The highest BCUT2D eigenvalue weighted by Crippen LogP contribution is 2.11. The first-order chi connectivity index (χ1) is 8.16. The van der Waals surface area contributed by atoms with E-state index in [-0.39, 0.29) is 5.56 Å². The Balaban J connectivity index is 2.71. The molecular formula is C11H11ClN2O3. The van der Waals surface area contributed by atoms with Crippen LogP contribution in [0, 0.1) is 0 Å². The van der Waals surface area contributed by atoms with Crippen LogP contribution in [0.3, 0.4) is 0 Å². The zero-order chi connectivity index (χ0) is 12.4. The third-order valence-corrected chi connectivity index (χ3v) is 2.79. The maximum atomic E-state index is 12.0. The predicted octanol–water partition coefficient (Wildman–Crippen LogP) is 1.96. The molecule has 0 saturated carbocycles. The third-order valence-electron chi connectivity index (χ3n) is 2.52. The summed E-state index contributed by atoms with van der Waals surface area (Å²) in [5.41, 5.74) is 0.104. The molecule has 2 rings (SSSR count). The van der Waals surface area contributed by atoms with Gasteiger partial charge in [0.1, 0.15) is 0 Å². The fraction of sp³-hybridized carbons (Fsp3) is 0.273. The number of carboxylic acid groups (broad SMARTS) is 1. The summed E-state index contributed by atoms with van der Waals surface area (Å²) < 4.78 is 2.18. The topological polar surface area (TPSA) is 64.2 Å². The third kappa shape index (κ3) is 1.93. The zero-order valence-corrected chi connectivity index (χ0v) is 9.72. The molecule has 1 heterocycles. The standard InChI is InChI=1S/C11H11ClN2O3/c12-6-3-7-13-10(15)8-4-1-2-5-9(8)14(13)11(16)17/h1-2,4-5H,3,6-7H2,(H,16,17). The van der Waals surface area contributed by atoms with Crippen LogP contribution in [-0.2, 0) is 6.54 Å². The van der Waals surface area contributed by atoms with E-state index in [4.69, 9.17) is 16.7 Å². The van der Waals surface area contributed by atoms with E-state index in [1.807, 2.05) is 0 Å². The highest BCUT2D eigenvalue weighted by atomic mass is 35.5. The van der Waals surface area contributed by atoms with Crippen LogP contribution in [0.25, 0.3) is 10.9 Å². The lowest BCUT2D eigenvalue weighted by Gasteiger charge is -2.06. The minimum atomic E-state index is -1.17. The number of alkyl halides is 1. The van der Waals surface area contributed by atoms with Crippen LogP contribution in [0.15, 0.2) is 29.1 Å². The van der Waals surface area contributed by atoms with Crippen LogP contribution in [0.4, 0.5) is 4.79 Å². The molecule has 0 bridgehead atoms. The van der Waals surface area contributed by atoms with Gasteiger partial charge in [-0.1, -0.05) is 12.1 Å². The fourth-order valence-corrected chi connectivity index (χ4v) is 1.94. The Kier molecular flexibility index (Phi) is 3.19. The second-order valence-electron chi connectivity index (χ2n) is 3.58. The molecule has 1 aromatic heterocycles. The monoisotopic (exact) mass is 254 g/mol. The summed E-state index contributed by atoms with van der Waals surface area (Å²) in [5.74, 6) is 0.383. The Morgan fingerprint density at radius 3 is 2.71 bits per heavy atom. The summed E-state index contributed by atoms with van der Waals surface area (Å²) in [6, 6.07) is 6.64. The molecule has 5 nitrogen and oxygen atoms in total. The van der Waals surface area contributed by atoms with E-state index in [2.05, 4.69) is 0 Å². The minimum absolute atomic E-state index is 0.295. The van der Waals surface area contributed by atoms with Gasteiger partial charge < -0.3 is 5.11 Å². The molecule has 0 spiro atoms. The summed E-state index contributed by atoms with van der Waals surface area (Å²) >= 11 is 5.56. The molecule has 90 valence electrons. The van der Waals surface area contributed by atoms with Crippen molar-refractivity contribution in [3.63, 3.8) is 0 Å². The average Bonchev–Trinajstić information content (AvgIpc) is 2.60. The molecule has 0 fully saturated rings. The van der Waals surface area contributed by atoms with Crippen LogP contribution in [0.5, 0.6) is 0 Å². The van der Waals surface area contributed by atoms with Crippen LogP contribution in [0.1, 0.15) is 6.42 Å². The van der Waals surface area contributed by atoms with Crippen LogP contribution in [-0.4, -0.2) is 26.4 Å². The Morgan fingerprint density at radius 1 is 1.35 bits per heavy atom. The van der Waals surface area contributed by atoms with Gasteiger partial charge in [-0.3, -0.25) is 4.79 Å². The fourth-order valence-electron chi connectivity index (χ4n) is 1.82. The molecule has 1 N–H and O–H groups in total. The van der Waals surface area contributed by atoms with Crippen LogP contribution in [0.2, 0.25) is 0 Å². The van der Waals surface area contributed by atoms with Gasteiger partial charge in [0.05, 0.1) is 10.9 Å². The van der Waals surface area contributed by atoms with Crippen molar-refractivity contribution in [2.24, 2.45) is 0 Å². The number of para-hydroxylation sites is 1. The largest absolute Gasteiger partial charge is 0.463 e. The van der Waals surface area contributed by atoms with Gasteiger partial charge in [0.15, 0.2) is 0 Å². The molecule has 1 aromatic carbocycles. The molecule has 17 heavy (non-hydrogen) atoms. The normalized spacial score (nSPS) is 10.9. The summed E-state index contributed by atoms with van der Waals surface area (Å²) in [4.78, 5) is 23.2. The van der Waals surface area contributed by atoms with E-state index >= 15 is 0 Å². The number of hydrogen-bond acceptors (Lipinski definition) is 2. The Hall–Kier alpha value is -1.75. The Morgan fingerprint density at radius 2 is 2.06 bits per heavy atom. The molecule has 0 atom stereocenters. The molecule has 0 saturated heterocycles. The second-order valence-corrected chi connectivity index (χ2v) is 3.96. The Bertz CT molecular complexity index is 615. The number of carbonyl (C=O) groups is 1. The van der Waals surface area contributed by atoms with Crippen molar-refractivity contribution >= 4 is 28.6 Å². The van der Waals surface area contributed by atoms with E-state index in [0.29, 0.717) is 29.7 Å². The summed E-state index contributed by atoms with van der Waals surface area (Å²) in [5, 5.41) is 9.55. The predicted molar refractivity (Wildman–Crippen MR) is 65.0 cm³/mol. The van der Waals surface area contributed by atoms with Gasteiger partial charge in [-0.15, -0.1) is 11.6 Å². The maximum absolute atomic E-state index is 12.0. The number of rotatable bonds is 3. The maximum Gasteiger partial charge on any atom is 0.431 e. The van der Waals surface area contributed by atoms with Crippen molar-refractivity contribution < 1.29 is 9.90 Å². The van der Waals surface area contributed by atoms with Gasteiger partial charge >= 0.3 is 6.09 Å². The molecule has 2 aromatic rings. The van der Waals surface area contributed by atoms with Gasteiger partial charge in [0, 0.05) is 12.4 Å². The number of fused-ring (bicyclic) bond motifs is 1. The summed E-state index contributed by atoms with van der Waals surface area (Å²) in [7, 11) is 0. The first kappa shape index (κ1) is 11.7. The first-order valence-electron chi connectivity index (χ1n) is 5.16. The molecule has 6 heteroatoms. The SMILES string of the molecule is O=C(O)n1c2ccccc2c(=O)n1CCCCl. The zero-order valence-electron chi connectivity index (χ0n) is 8.97. The van der Waals surface area contributed by atoms with E-state index in [9.17, 15) is 9.59 Å². The van der Waals surface area contributed by atoms with Crippen LogP contribution >= 0.6 is 11.6 Å². The first-order valence-corrected chi connectivity index (χ1v) is 5.70. The van der Waals surface area contributed by atoms with E-state index < -0.39 is 6.09 Å². The van der Waals surface area contributed by atoms with E-state index in [1.165, 1.54) is 4.68 Å². The molecule has 0 unspecified atom stereocenters. The van der Waals surface area contributed by atoms with Crippen molar-refractivity contribution in [2.45, 2.75) is 13.0 Å². The van der Waals surface area contributed by atoms with Crippen molar-refractivity contribution in [1.82, 2.24) is 9.36 Å². The minimum Gasteiger partial charge on any atom is -0.463 e. The lowest BCUT2D eigenvalue weighted by atomic mass is 10.2. The average molecular weight is 255 g/mol. The molecule has 0 aliphatic heterocycles. The van der Waals surface area contributed by atoms with Crippen molar-refractivity contribution in [3.8, 4) is 0 Å². The summed E-state index contributed by atoms with van der Waals surface area (Å²) in [6.45, 7) is 0.295. The molecule has 0 amide bonds. The lowest BCUT2D eigenvalue weighted by Crippen LogP contribution is -2.27. The number of benzene rings is 1. The van der Waals surface area contributed by atoms with Gasteiger partial charge in [-0.05, 0) is 18.6 Å². The summed E-state index contributed by atoms with van der Waals surface area (Å²) in [6.07, 6.45) is -0.622. The van der Waals surface area contributed by atoms with Gasteiger partial charge in [0.25, 0.3) is 5.56 Å². The van der Waals surface area contributed by atoms with Gasteiger partial charge in [0.2, 0.25) is 0 Å². The van der Waals surface area contributed by atoms with Gasteiger partial charge in [-0.25, -0.2) is 9.48 Å². The molecule has 0 aliphatic carbocycles. The number of hydrogen-bond donors (Lipinski definition) is 1. The smallest absolute Gasteiger partial charge is 0.431 e. The molecular weight excluding hydrogens is 244 g/mol. The van der Waals surface area contributed by atoms with Crippen molar-refractivity contribution in [2.75, 3.05) is 5.88 Å². The number of aromatic nitrogens is 2. The number of nitrogens with zero attached hydrogens (tertiary/aromatic N) is 2. The van der Waals surface area contributed by atoms with E-state index in [1.54, 1.807) is 24.3 Å². The highest BCUT2D eigenvalue weighted by molar-refractivity contribution is 6.17. The lowest BCUT2D eigenvalue weighted by molar-refractivity contribution is 0.188. The molecule has 0 radical (unpaired) electrons. The highest BCUT2D eigenvalue weighted by Gasteiger charge is 2.16. The molecule has 0 aliphatic rings. The number of halogens is 1. The van der Waals surface area contributed by atoms with Crippen LogP contribution < -0.4 is 5.56 Å². The van der Waals surface area contributed by atoms with Crippen molar-refractivity contribution in [3.05, 3.63) is 34.6 Å². The van der Waals surface area contributed by atoms with Gasteiger partial charge in [-0.2, -0.15) is 4.68 Å². The van der Waals surface area contributed by atoms with E-state index in [0.717, 1.165) is 4.68 Å². The van der Waals surface area contributed by atoms with Crippen molar-refractivity contribution in [1.29, 1.82) is 0 Å².